The number of primary amides is 1. The summed E-state index contributed by atoms with van der Waals surface area (Å²) in [6.45, 7) is 0. The third kappa shape index (κ3) is 2.62. The van der Waals surface area contributed by atoms with Crippen molar-refractivity contribution in [2.75, 3.05) is 17.7 Å². The van der Waals surface area contributed by atoms with Crippen molar-refractivity contribution in [2.45, 2.75) is 0 Å². The minimum atomic E-state index is -0.740. The Balaban J connectivity index is 2.58. The fraction of sp³-hybridized carbons (Fsp3) is 0.0667. The van der Waals surface area contributed by atoms with Crippen LogP contribution in [0.1, 0.15) is 15.9 Å². The summed E-state index contributed by atoms with van der Waals surface area (Å²) in [5.74, 6) is -1.34. The first kappa shape index (κ1) is 14.3. The number of nitrogens with zero attached hydrogens (tertiary/aromatic N) is 2. The van der Waals surface area contributed by atoms with Crippen molar-refractivity contribution in [2.24, 2.45) is 5.73 Å². The zero-order chi connectivity index (χ0) is 15.6. The number of anilines is 3. The SMILES string of the molecule is CN(c1cc(C(N)=O)c(N)cc1F)c1ccccc1C#N. The molecule has 0 heterocycles. The van der Waals surface area contributed by atoms with Crippen LogP contribution < -0.4 is 16.4 Å². The Bertz CT molecular complexity index is 752. The zero-order valence-electron chi connectivity index (χ0n) is 11.3. The zero-order valence-corrected chi connectivity index (χ0v) is 11.3. The van der Waals surface area contributed by atoms with E-state index in [9.17, 15) is 9.18 Å². The second kappa shape index (κ2) is 5.51. The van der Waals surface area contributed by atoms with Gasteiger partial charge in [-0.05, 0) is 24.3 Å². The summed E-state index contributed by atoms with van der Waals surface area (Å²) < 4.78 is 14.1. The highest BCUT2D eigenvalue weighted by atomic mass is 19.1. The number of carbonyl (C=O) groups is 1. The molecule has 1 amide bonds. The summed E-state index contributed by atoms with van der Waals surface area (Å²) in [6.07, 6.45) is 0. The van der Waals surface area contributed by atoms with Gasteiger partial charge < -0.3 is 16.4 Å². The molecule has 4 N–H and O–H groups in total. The normalized spacial score (nSPS) is 9.95. The Kier molecular flexibility index (Phi) is 3.76. The molecule has 2 rings (SSSR count). The van der Waals surface area contributed by atoms with Gasteiger partial charge in [-0.15, -0.1) is 0 Å². The molecule has 0 aliphatic rings. The molecule has 6 heteroatoms. The number of nitriles is 1. The quantitative estimate of drug-likeness (QED) is 0.844. The van der Waals surface area contributed by atoms with Crippen LogP contribution in [0, 0.1) is 17.1 Å². The van der Waals surface area contributed by atoms with Crippen molar-refractivity contribution >= 4 is 23.0 Å². The monoisotopic (exact) mass is 284 g/mol. The molecule has 21 heavy (non-hydrogen) atoms. The van der Waals surface area contributed by atoms with Gasteiger partial charge in [0.25, 0.3) is 5.91 Å². The minimum Gasteiger partial charge on any atom is -0.398 e. The Morgan fingerprint density at radius 2 is 1.95 bits per heavy atom. The molecule has 0 unspecified atom stereocenters. The van der Waals surface area contributed by atoms with Crippen LogP contribution in [0.2, 0.25) is 0 Å². The van der Waals surface area contributed by atoms with Gasteiger partial charge in [0.1, 0.15) is 11.9 Å². The standard InChI is InChI=1S/C15H13FN4O/c1-20(13-5-3-2-4-9(13)8-17)14-6-10(15(19)21)12(18)7-11(14)16/h2-7H,18H2,1H3,(H2,19,21). The number of benzene rings is 2. The Labute approximate surface area is 121 Å². The topological polar surface area (TPSA) is 96.1 Å². The molecule has 0 spiro atoms. The smallest absolute Gasteiger partial charge is 0.250 e. The highest BCUT2D eigenvalue weighted by Crippen LogP contribution is 2.31. The molecular weight excluding hydrogens is 271 g/mol. The van der Waals surface area contributed by atoms with Gasteiger partial charge in [0, 0.05) is 12.7 Å². The molecule has 0 radical (unpaired) electrons. The first-order valence-electron chi connectivity index (χ1n) is 6.07. The van der Waals surface area contributed by atoms with E-state index in [0.717, 1.165) is 6.07 Å². The summed E-state index contributed by atoms with van der Waals surface area (Å²) in [5, 5.41) is 9.11. The maximum atomic E-state index is 14.1. The molecule has 0 aromatic heterocycles. The number of nitrogens with two attached hydrogens (primary N) is 2. The summed E-state index contributed by atoms with van der Waals surface area (Å²) in [5.41, 5.74) is 11.8. The number of hydrogen-bond acceptors (Lipinski definition) is 4. The van der Waals surface area contributed by atoms with Crippen molar-refractivity contribution in [3.8, 4) is 6.07 Å². The van der Waals surface area contributed by atoms with Gasteiger partial charge in [0.2, 0.25) is 0 Å². The molecule has 0 saturated heterocycles. The van der Waals surface area contributed by atoms with Crippen molar-refractivity contribution in [1.82, 2.24) is 0 Å². The lowest BCUT2D eigenvalue weighted by atomic mass is 10.1. The Morgan fingerprint density at radius 3 is 2.57 bits per heavy atom. The number of carbonyl (C=O) groups excluding carboxylic acids is 1. The molecular formula is C15H13FN4O. The van der Waals surface area contributed by atoms with E-state index < -0.39 is 11.7 Å². The third-order valence-electron chi connectivity index (χ3n) is 3.13. The van der Waals surface area contributed by atoms with Gasteiger partial charge in [-0.25, -0.2) is 4.39 Å². The average molecular weight is 284 g/mol. The van der Waals surface area contributed by atoms with E-state index >= 15 is 0 Å². The predicted molar refractivity (Wildman–Crippen MR) is 78.6 cm³/mol. The van der Waals surface area contributed by atoms with E-state index in [4.69, 9.17) is 16.7 Å². The van der Waals surface area contributed by atoms with Crippen LogP contribution in [-0.2, 0) is 0 Å². The molecule has 5 nitrogen and oxygen atoms in total. The Morgan fingerprint density at radius 1 is 1.29 bits per heavy atom. The van der Waals surface area contributed by atoms with E-state index in [1.807, 2.05) is 6.07 Å². The van der Waals surface area contributed by atoms with Crippen LogP contribution >= 0.6 is 0 Å². The van der Waals surface area contributed by atoms with Crippen LogP contribution in [0.5, 0.6) is 0 Å². The Hall–Kier alpha value is -3.07. The number of nitrogen functional groups attached to an aromatic ring is 1. The molecule has 0 aliphatic carbocycles. The highest BCUT2D eigenvalue weighted by Gasteiger charge is 2.17. The van der Waals surface area contributed by atoms with Crippen molar-refractivity contribution in [1.29, 1.82) is 5.26 Å². The lowest BCUT2D eigenvalue weighted by Gasteiger charge is -2.22. The molecule has 0 atom stereocenters. The van der Waals surface area contributed by atoms with Crippen molar-refractivity contribution < 1.29 is 9.18 Å². The average Bonchev–Trinajstić information content (AvgIpc) is 2.46. The molecule has 0 fully saturated rings. The number of amides is 1. The van der Waals surface area contributed by atoms with Crippen LogP contribution in [0.25, 0.3) is 0 Å². The number of para-hydroxylation sites is 1. The summed E-state index contributed by atoms with van der Waals surface area (Å²) in [4.78, 5) is 12.8. The molecule has 2 aromatic rings. The van der Waals surface area contributed by atoms with Gasteiger partial charge in [-0.1, -0.05) is 12.1 Å². The van der Waals surface area contributed by atoms with Gasteiger partial charge in [0.15, 0.2) is 0 Å². The molecule has 0 saturated carbocycles. The summed E-state index contributed by atoms with van der Waals surface area (Å²) >= 11 is 0. The predicted octanol–water partition coefficient (Wildman–Crippen LogP) is 2.15. The van der Waals surface area contributed by atoms with E-state index in [-0.39, 0.29) is 16.9 Å². The summed E-state index contributed by atoms with van der Waals surface area (Å²) in [6, 6.07) is 11.1. The van der Waals surface area contributed by atoms with Gasteiger partial charge in [-0.2, -0.15) is 5.26 Å². The van der Waals surface area contributed by atoms with Crippen molar-refractivity contribution in [3.05, 3.63) is 53.3 Å². The number of hydrogen-bond donors (Lipinski definition) is 2. The molecule has 2 aromatic carbocycles. The fourth-order valence-electron chi connectivity index (χ4n) is 2.04. The number of rotatable bonds is 3. The van der Waals surface area contributed by atoms with Crippen LogP contribution in [0.4, 0.5) is 21.5 Å². The lowest BCUT2D eigenvalue weighted by Crippen LogP contribution is -2.17. The van der Waals surface area contributed by atoms with Crippen LogP contribution in [0.3, 0.4) is 0 Å². The lowest BCUT2D eigenvalue weighted by molar-refractivity contribution is 0.100. The maximum Gasteiger partial charge on any atom is 0.250 e. The highest BCUT2D eigenvalue weighted by molar-refractivity contribution is 5.99. The largest absolute Gasteiger partial charge is 0.398 e. The first-order chi connectivity index (χ1) is 9.95. The second-order valence-electron chi connectivity index (χ2n) is 4.44. The molecule has 0 bridgehead atoms. The first-order valence-corrected chi connectivity index (χ1v) is 6.07. The van der Waals surface area contributed by atoms with E-state index in [1.54, 1.807) is 31.3 Å². The van der Waals surface area contributed by atoms with Gasteiger partial charge >= 0.3 is 0 Å². The van der Waals surface area contributed by atoms with Crippen molar-refractivity contribution in [3.63, 3.8) is 0 Å². The summed E-state index contributed by atoms with van der Waals surface area (Å²) in [7, 11) is 1.59. The maximum absolute atomic E-state index is 14.1. The van der Waals surface area contributed by atoms with E-state index in [2.05, 4.69) is 0 Å². The van der Waals surface area contributed by atoms with E-state index in [0.29, 0.717) is 11.3 Å². The molecule has 0 aliphatic heterocycles. The second-order valence-corrected chi connectivity index (χ2v) is 4.44. The van der Waals surface area contributed by atoms with Crippen LogP contribution in [0.15, 0.2) is 36.4 Å². The van der Waals surface area contributed by atoms with Crippen LogP contribution in [-0.4, -0.2) is 13.0 Å². The molecule has 106 valence electrons. The van der Waals surface area contributed by atoms with Gasteiger partial charge in [-0.3, -0.25) is 4.79 Å². The fourth-order valence-corrected chi connectivity index (χ4v) is 2.04. The number of halogens is 1. The van der Waals surface area contributed by atoms with E-state index in [1.165, 1.54) is 11.0 Å². The third-order valence-corrected chi connectivity index (χ3v) is 3.13. The minimum absolute atomic E-state index is 0.0225. The van der Waals surface area contributed by atoms with Gasteiger partial charge in [0.05, 0.1) is 22.5 Å².